The van der Waals surface area contributed by atoms with Crippen molar-refractivity contribution in [3.63, 3.8) is 0 Å². The van der Waals surface area contributed by atoms with Gasteiger partial charge in [0.2, 0.25) is 0 Å². The average molecular weight is 341 g/mol. The molecule has 0 aliphatic rings. The first-order valence-electron chi connectivity index (χ1n) is 6.94. The maximum absolute atomic E-state index is 13.6. The lowest BCUT2D eigenvalue weighted by Crippen LogP contribution is -2.30. The molecule has 2 N–H and O–H groups in total. The molecule has 7 heteroatoms. The van der Waals surface area contributed by atoms with E-state index in [1.165, 1.54) is 6.07 Å². The van der Waals surface area contributed by atoms with E-state index in [1.54, 1.807) is 6.07 Å². The minimum Gasteiger partial charge on any atom is -0.348 e. The van der Waals surface area contributed by atoms with E-state index < -0.39 is 23.1 Å². The zero-order valence-corrected chi connectivity index (χ0v) is 13.3. The van der Waals surface area contributed by atoms with Gasteiger partial charge in [0.05, 0.1) is 5.02 Å². The topological polar surface area (TPSA) is 62.0 Å². The lowest BCUT2D eigenvalue weighted by atomic mass is 10.1. The fourth-order valence-electron chi connectivity index (χ4n) is 1.97. The molecule has 122 valence electrons. The molecule has 0 saturated heterocycles. The Labute approximate surface area is 136 Å². The predicted molar refractivity (Wildman–Crippen MR) is 83.7 cm³/mol. The number of pyridine rings is 1. The summed E-state index contributed by atoms with van der Waals surface area (Å²) >= 11 is 5.46. The molecule has 0 aliphatic carbocycles. The van der Waals surface area contributed by atoms with E-state index in [0.29, 0.717) is 5.69 Å². The summed E-state index contributed by atoms with van der Waals surface area (Å²) < 4.78 is 27.0. The van der Waals surface area contributed by atoms with Crippen LogP contribution in [0.3, 0.4) is 0 Å². The third-order valence-corrected chi connectivity index (χ3v) is 3.62. The van der Waals surface area contributed by atoms with E-state index in [2.05, 4.69) is 10.3 Å². The van der Waals surface area contributed by atoms with Crippen molar-refractivity contribution in [3.8, 4) is 0 Å². The molecule has 0 bridgehead atoms. The van der Waals surface area contributed by atoms with Crippen molar-refractivity contribution < 1.29 is 13.6 Å². The van der Waals surface area contributed by atoms with E-state index in [0.717, 1.165) is 12.1 Å². The van der Waals surface area contributed by atoms with Crippen molar-refractivity contribution in [2.45, 2.75) is 26.3 Å². The van der Waals surface area contributed by atoms with Crippen molar-refractivity contribution in [2.75, 3.05) is 0 Å². The summed E-state index contributed by atoms with van der Waals surface area (Å²) in [6.45, 7) is 3.55. The van der Waals surface area contributed by atoms with Gasteiger partial charge in [-0.1, -0.05) is 25.4 Å². The third-order valence-electron chi connectivity index (χ3n) is 3.33. The summed E-state index contributed by atoms with van der Waals surface area (Å²) in [6.07, 6.45) is 0. The molecule has 4 nitrogen and oxygen atoms in total. The maximum Gasteiger partial charge on any atom is 0.261 e. The molecule has 0 unspecified atom stereocenters. The van der Waals surface area contributed by atoms with Crippen molar-refractivity contribution in [1.82, 2.24) is 10.3 Å². The van der Waals surface area contributed by atoms with E-state index in [9.17, 15) is 18.4 Å². The number of aromatic nitrogens is 1. The van der Waals surface area contributed by atoms with Crippen LogP contribution in [0.1, 0.15) is 41.4 Å². The highest BCUT2D eigenvalue weighted by atomic mass is 35.5. The first-order valence-corrected chi connectivity index (χ1v) is 7.32. The van der Waals surface area contributed by atoms with Gasteiger partial charge in [-0.2, -0.15) is 0 Å². The molecule has 23 heavy (non-hydrogen) atoms. The molecule has 0 saturated carbocycles. The Morgan fingerprint density at radius 2 is 1.96 bits per heavy atom. The first-order chi connectivity index (χ1) is 10.8. The number of halogens is 3. The summed E-state index contributed by atoms with van der Waals surface area (Å²) in [6, 6.07) is 4.79. The van der Waals surface area contributed by atoms with Crippen molar-refractivity contribution in [1.29, 1.82) is 0 Å². The molecule has 1 aromatic heterocycles. The molecule has 1 aromatic carbocycles. The van der Waals surface area contributed by atoms with Gasteiger partial charge in [0.25, 0.3) is 11.5 Å². The number of H-pyrrole nitrogens is 1. The summed E-state index contributed by atoms with van der Waals surface area (Å²) in [5.74, 6) is -2.07. The van der Waals surface area contributed by atoms with Gasteiger partial charge in [0, 0.05) is 17.8 Å². The van der Waals surface area contributed by atoms with E-state index in [4.69, 9.17) is 11.6 Å². The molecule has 2 aromatic rings. The van der Waals surface area contributed by atoms with Crippen LogP contribution >= 0.6 is 11.6 Å². The standard InChI is InChI=1S/C16H15ClF2N2O2/c1-8(2)14-4-3-10(16(23)21-14)15(22)20-7-9-5-13(19)11(17)6-12(9)18/h3-6,8H,7H2,1-2H3,(H,20,22)(H,21,23). The number of aromatic amines is 1. The Balaban J connectivity index is 2.14. The van der Waals surface area contributed by atoms with Crippen LogP contribution in [0.5, 0.6) is 0 Å². The summed E-state index contributed by atoms with van der Waals surface area (Å²) in [5, 5.41) is 2.05. The molecular weight excluding hydrogens is 326 g/mol. The molecule has 0 fully saturated rings. The van der Waals surface area contributed by atoms with Crippen molar-refractivity contribution in [3.05, 3.63) is 68.1 Å². The van der Waals surface area contributed by atoms with Crippen LogP contribution < -0.4 is 10.9 Å². The van der Waals surface area contributed by atoms with Gasteiger partial charge >= 0.3 is 0 Å². The van der Waals surface area contributed by atoms with Gasteiger partial charge in [-0.15, -0.1) is 0 Å². The van der Waals surface area contributed by atoms with Crippen LogP contribution in [0.15, 0.2) is 29.1 Å². The van der Waals surface area contributed by atoms with Gasteiger partial charge in [-0.3, -0.25) is 9.59 Å². The zero-order valence-electron chi connectivity index (χ0n) is 12.5. The lowest BCUT2D eigenvalue weighted by Gasteiger charge is -2.09. The molecule has 1 heterocycles. The number of benzene rings is 1. The largest absolute Gasteiger partial charge is 0.348 e. The van der Waals surface area contributed by atoms with Crippen LogP contribution in [0.4, 0.5) is 8.78 Å². The highest BCUT2D eigenvalue weighted by Crippen LogP contribution is 2.19. The van der Waals surface area contributed by atoms with Gasteiger partial charge in [0.15, 0.2) is 0 Å². The van der Waals surface area contributed by atoms with Gasteiger partial charge in [-0.25, -0.2) is 8.78 Å². The number of hydrogen-bond acceptors (Lipinski definition) is 2. The second kappa shape index (κ2) is 6.91. The molecule has 1 amide bonds. The lowest BCUT2D eigenvalue weighted by molar-refractivity contribution is 0.0949. The predicted octanol–water partition coefficient (Wildman–Crippen LogP) is 3.36. The van der Waals surface area contributed by atoms with E-state index in [-0.39, 0.29) is 28.6 Å². The molecule has 0 spiro atoms. The number of hydrogen-bond donors (Lipinski definition) is 2. The van der Waals surface area contributed by atoms with E-state index in [1.807, 2.05) is 13.8 Å². The second-order valence-electron chi connectivity index (χ2n) is 5.35. The Bertz CT molecular complexity index is 803. The fraction of sp³-hybridized carbons (Fsp3) is 0.250. The normalized spacial score (nSPS) is 10.9. The van der Waals surface area contributed by atoms with Crippen LogP contribution in [-0.2, 0) is 6.54 Å². The van der Waals surface area contributed by atoms with Crippen molar-refractivity contribution in [2.24, 2.45) is 0 Å². The van der Waals surface area contributed by atoms with Crippen LogP contribution in [0.25, 0.3) is 0 Å². The van der Waals surface area contributed by atoms with Crippen LogP contribution in [0.2, 0.25) is 5.02 Å². The highest BCUT2D eigenvalue weighted by Gasteiger charge is 2.14. The van der Waals surface area contributed by atoms with E-state index >= 15 is 0 Å². The quantitative estimate of drug-likeness (QED) is 0.838. The zero-order chi connectivity index (χ0) is 17.1. The summed E-state index contributed by atoms with van der Waals surface area (Å²) in [7, 11) is 0. The Hall–Kier alpha value is -2.21. The van der Waals surface area contributed by atoms with Crippen LogP contribution in [-0.4, -0.2) is 10.9 Å². The monoisotopic (exact) mass is 340 g/mol. The molecule has 0 radical (unpaired) electrons. The van der Waals surface area contributed by atoms with Gasteiger partial charge in [0.1, 0.15) is 17.2 Å². The smallest absolute Gasteiger partial charge is 0.261 e. The minimum absolute atomic E-state index is 0.0597. The van der Waals surface area contributed by atoms with Gasteiger partial charge < -0.3 is 10.3 Å². The highest BCUT2D eigenvalue weighted by molar-refractivity contribution is 6.30. The number of amides is 1. The molecule has 0 atom stereocenters. The first kappa shape index (κ1) is 17.1. The minimum atomic E-state index is -0.781. The van der Waals surface area contributed by atoms with Crippen LogP contribution in [0, 0.1) is 11.6 Å². The third kappa shape index (κ3) is 3.96. The molecule has 2 rings (SSSR count). The number of nitrogens with one attached hydrogen (secondary N) is 2. The molecular formula is C16H15ClF2N2O2. The Kier molecular flexibility index (Phi) is 5.15. The number of rotatable bonds is 4. The number of carbonyl (C=O) groups is 1. The average Bonchev–Trinajstić information content (AvgIpc) is 2.49. The second-order valence-corrected chi connectivity index (χ2v) is 5.76. The maximum atomic E-state index is 13.6. The number of carbonyl (C=O) groups excluding carboxylic acids is 1. The molecule has 0 aliphatic heterocycles. The summed E-state index contributed by atoms with van der Waals surface area (Å²) in [4.78, 5) is 26.5. The fourth-order valence-corrected chi connectivity index (χ4v) is 2.12. The Morgan fingerprint density at radius 3 is 2.57 bits per heavy atom. The van der Waals surface area contributed by atoms with Crippen molar-refractivity contribution >= 4 is 17.5 Å². The Morgan fingerprint density at radius 1 is 1.26 bits per heavy atom. The van der Waals surface area contributed by atoms with Gasteiger partial charge in [-0.05, 0) is 30.2 Å². The SMILES string of the molecule is CC(C)c1ccc(C(=O)NCc2cc(F)c(Cl)cc2F)c(=O)[nH]1. The summed E-state index contributed by atoms with van der Waals surface area (Å²) in [5.41, 5.74) is 0.0218.